The number of carbonyl (C=O) groups excluding carboxylic acids is 1. The van der Waals surface area contributed by atoms with E-state index in [-0.39, 0.29) is 22.6 Å². The molecule has 2 aromatic carbocycles. The zero-order valence-corrected chi connectivity index (χ0v) is 15.8. The van der Waals surface area contributed by atoms with E-state index in [2.05, 4.69) is 5.32 Å². The first-order valence-corrected chi connectivity index (χ1v) is 9.34. The van der Waals surface area contributed by atoms with Gasteiger partial charge in [0, 0.05) is 26.2 Å². The molecular weight excluding hydrogens is 381 g/mol. The number of aryl methyl sites for hydroxylation is 1. The van der Waals surface area contributed by atoms with Gasteiger partial charge in [0.15, 0.2) is 0 Å². The van der Waals surface area contributed by atoms with E-state index in [4.69, 9.17) is 0 Å². The molecule has 1 amide bonds. The topological polar surface area (TPSA) is 66.5 Å². The fourth-order valence-electron chi connectivity index (χ4n) is 2.35. The van der Waals surface area contributed by atoms with Crippen LogP contribution in [0.15, 0.2) is 47.4 Å². The number of amides is 1. The van der Waals surface area contributed by atoms with Crippen LogP contribution in [0.2, 0.25) is 0 Å². The van der Waals surface area contributed by atoms with Crippen LogP contribution >= 0.6 is 0 Å². The molecule has 1 N–H and O–H groups in total. The Hall–Kier alpha value is -2.39. The lowest BCUT2D eigenvalue weighted by molar-refractivity contribution is -0.137. The van der Waals surface area contributed by atoms with E-state index < -0.39 is 27.7 Å². The van der Waals surface area contributed by atoms with Crippen LogP contribution in [0.5, 0.6) is 0 Å². The molecular formula is C18H19F3N2O3S. The number of carbonyl (C=O) groups is 1. The molecule has 2 rings (SSSR count). The van der Waals surface area contributed by atoms with Crippen LogP contribution in [0, 0.1) is 6.92 Å². The van der Waals surface area contributed by atoms with Crippen molar-refractivity contribution in [2.24, 2.45) is 0 Å². The van der Waals surface area contributed by atoms with Crippen LogP contribution in [-0.4, -0.2) is 32.7 Å². The number of benzene rings is 2. The molecule has 2 aromatic rings. The molecule has 0 aromatic heterocycles. The largest absolute Gasteiger partial charge is 0.416 e. The lowest BCUT2D eigenvalue weighted by Crippen LogP contribution is -2.26. The van der Waals surface area contributed by atoms with Crippen LogP contribution < -0.4 is 5.32 Å². The molecule has 0 unspecified atom stereocenters. The maximum absolute atomic E-state index is 12.8. The summed E-state index contributed by atoms with van der Waals surface area (Å²) in [5.41, 5.74) is 0.177. The van der Waals surface area contributed by atoms with Crippen LogP contribution in [0.4, 0.5) is 13.2 Å². The van der Waals surface area contributed by atoms with Crippen molar-refractivity contribution < 1.29 is 26.4 Å². The maximum Gasteiger partial charge on any atom is 0.416 e. The normalized spacial score (nSPS) is 12.3. The second-order valence-corrected chi connectivity index (χ2v) is 8.30. The highest BCUT2D eigenvalue weighted by Gasteiger charge is 2.30. The Balaban J connectivity index is 2.22. The first-order chi connectivity index (χ1) is 12.4. The van der Waals surface area contributed by atoms with Gasteiger partial charge in [-0.25, -0.2) is 12.7 Å². The molecule has 0 radical (unpaired) electrons. The van der Waals surface area contributed by atoms with Gasteiger partial charge in [0.05, 0.1) is 10.5 Å². The van der Waals surface area contributed by atoms with Gasteiger partial charge in [0.1, 0.15) is 0 Å². The summed E-state index contributed by atoms with van der Waals surface area (Å²) in [5.74, 6) is -0.569. The lowest BCUT2D eigenvalue weighted by atomic mass is 10.1. The van der Waals surface area contributed by atoms with Gasteiger partial charge in [-0.05, 0) is 42.3 Å². The van der Waals surface area contributed by atoms with E-state index in [0.717, 1.165) is 16.4 Å². The second-order valence-electron chi connectivity index (χ2n) is 6.14. The van der Waals surface area contributed by atoms with Crippen molar-refractivity contribution in [1.29, 1.82) is 0 Å². The second kappa shape index (κ2) is 7.69. The third-order valence-corrected chi connectivity index (χ3v) is 5.75. The Morgan fingerprint density at radius 1 is 1.11 bits per heavy atom. The molecule has 9 heteroatoms. The van der Waals surface area contributed by atoms with Crippen LogP contribution in [-0.2, 0) is 22.7 Å². The first kappa shape index (κ1) is 20.9. The van der Waals surface area contributed by atoms with Crippen molar-refractivity contribution in [3.8, 4) is 0 Å². The van der Waals surface area contributed by atoms with Gasteiger partial charge in [-0.3, -0.25) is 4.79 Å². The SMILES string of the molecule is Cc1ccc(S(=O)(=O)N(C)C)cc1C(=O)NCc1cccc(C(F)(F)F)c1. The Morgan fingerprint density at radius 3 is 2.37 bits per heavy atom. The predicted octanol–water partition coefficient (Wildman–Crippen LogP) is 3.19. The third kappa shape index (κ3) is 4.86. The number of alkyl halides is 3. The summed E-state index contributed by atoms with van der Waals surface area (Å²) in [5, 5.41) is 2.53. The number of rotatable bonds is 5. The molecule has 27 heavy (non-hydrogen) atoms. The monoisotopic (exact) mass is 400 g/mol. The summed E-state index contributed by atoms with van der Waals surface area (Å²) in [4.78, 5) is 12.4. The van der Waals surface area contributed by atoms with Gasteiger partial charge in [0.2, 0.25) is 10.0 Å². The molecule has 0 saturated carbocycles. The average Bonchev–Trinajstić information content (AvgIpc) is 2.59. The third-order valence-electron chi connectivity index (χ3n) is 3.94. The molecule has 0 atom stereocenters. The van der Waals surface area contributed by atoms with Gasteiger partial charge in [-0.15, -0.1) is 0 Å². The molecule has 0 aliphatic rings. The number of hydrogen-bond acceptors (Lipinski definition) is 3. The van der Waals surface area contributed by atoms with E-state index in [1.54, 1.807) is 6.92 Å². The van der Waals surface area contributed by atoms with Crippen LogP contribution in [0.1, 0.15) is 27.0 Å². The summed E-state index contributed by atoms with van der Waals surface area (Å²) >= 11 is 0. The number of halogens is 3. The number of sulfonamides is 1. The standard InChI is InChI=1S/C18H19F3N2O3S/c1-12-7-8-15(27(25,26)23(2)3)10-16(12)17(24)22-11-13-5-4-6-14(9-13)18(19,20)21/h4-10H,11H2,1-3H3,(H,22,24). The molecule has 0 heterocycles. The van der Waals surface area contributed by atoms with E-state index in [1.165, 1.54) is 44.4 Å². The Labute approximate surface area is 155 Å². The summed E-state index contributed by atoms with van der Waals surface area (Å²) < 4.78 is 63.7. The van der Waals surface area contributed by atoms with Gasteiger partial charge in [-0.2, -0.15) is 13.2 Å². The lowest BCUT2D eigenvalue weighted by Gasteiger charge is -2.14. The van der Waals surface area contributed by atoms with Gasteiger partial charge in [-0.1, -0.05) is 18.2 Å². The Bertz CT molecular complexity index is 955. The Morgan fingerprint density at radius 2 is 1.78 bits per heavy atom. The van der Waals surface area contributed by atoms with Gasteiger partial charge in [0.25, 0.3) is 5.91 Å². The minimum atomic E-state index is -4.47. The highest BCUT2D eigenvalue weighted by Crippen LogP contribution is 2.29. The molecule has 0 aliphatic heterocycles. The number of nitrogens with zero attached hydrogens (tertiary/aromatic N) is 1. The smallest absolute Gasteiger partial charge is 0.348 e. The van der Waals surface area contributed by atoms with E-state index >= 15 is 0 Å². The summed E-state index contributed by atoms with van der Waals surface area (Å²) in [6.45, 7) is 1.53. The molecule has 0 aliphatic carbocycles. The molecule has 0 fully saturated rings. The molecule has 0 saturated heterocycles. The van der Waals surface area contributed by atoms with Crippen LogP contribution in [0.25, 0.3) is 0 Å². The minimum Gasteiger partial charge on any atom is -0.348 e. The van der Waals surface area contributed by atoms with Crippen molar-refractivity contribution in [3.63, 3.8) is 0 Å². The quantitative estimate of drug-likeness (QED) is 0.838. The molecule has 146 valence electrons. The summed E-state index contributed by atoms with van der Waals surface area (Å²) in [6.07, 6.45) is -4.47. The van der Waals surface area contributed by atoms with Crippen molar-refractivity contribution in [2.45, 2.75) is 24.5 Å². The maximum atomic E-state index is 12.8. The van der Waals surface area contributed by atoms with Crippen molar-refractivity contribution in [3.05, 3.63) is 64.7 Å². The summed E-state index contributed by atoms with van der Waals surface area (Å²) in [6, 6.07) is 8.80. The van der Waals surface area contributed by atoms with Crippen molar-refractivity contribution in [2.75, 3.05) is 14.1 Å². The molecule has 0 spiro atoms. The Kier molecular flexibility index (Phi) is 5.96. The highest BCUT2D eigenvalue weighted by molar-refractivity contribution is 7.89. The van der Waals surface area contributed by atoms with E-state index in [9.17, 15) is 26.4 Å². The predicted molar refractivity (Wildman–Crippen MR) is 94.7 cm³/mol. The van der Waals surface area contributed by atoms with Crippen LogP contribution in [0.3, 0.4) is 0 Å². The minimum absolute atomic E-state index is 0.0395. The number of hydrogen-bond donors (Lipinski definition) is 1. The van der Waals surface area contributed by atoms with Gasteiger partial charge < -0.3 is 5.32 Å². The fourth-order valence-corrected chi connectivity index (χ4v) is 3.28. The van der Waals surface area contributed by atoms with Crippen molar-refractivity contribution in [1.82, 2.24) is 9.62 Å². The fraction of sp³-hybridized carbons (Fsp3) is 0.278. The first-order valence-electron chi connectivity index (χ1n) is 7.90. The number of nitrogens with one attached hydrogen (secondary N) is 1. The zero-order valence-electron chi connectivity index (χ0n) is 15.0. The highest BCUT2D eigenvalue weighted by atomic mass is 32.2. The van der Waals surface area contributed by atoms with Gasteiger partial charge >= 0.3 is 6.18 Å². The van der Waals surface area contributed by atoms with Crippen molar-refractivity contribution >= 4 is 15.9 Å². The average molecular weight is 400 g/mol. The molecule has 5 nitrogen and oxygen atoms in total. The summed E-state index contributed by atoms with van der Waals surface area (Å²) in [7, 11) is -0.955. The zero-order chi connectivity index (χ0) is 20.4. The molecule has 0 bridgehead atoms. The van der Waals surface area contributed by atoms with E-state index in [1.807, 2.05) is 0 Å². The van der Waals surface area contributed by atoms with E-state index in [0.29, 0.717) is 5.56 Å².